The Bertz CT molecular complexity index is 592. The molecule has 1 aromatic rings. The van der Waals surface area contributed by atoms with Gasteiger partial charge in [-0.25, -0.2) is 4.90 Å². The van der Waals surface area contributed by atoms with Gasteiger partial charge in [-0.05, 0) is 30.4 Å². The molecule has 19 heavy (non-hydrogen) atoms. The molecule has 1 N–H and O–H groups in total. The van der Waals surface area contributed by atoms with Gasteiger partial charge in [0.1, 0.15) is 5.75 Å². The number of amides is 2. The number of aromatic hydroxyl groups is 1. The van der Waals surface area contributed by atoms with Crippen LogP contribution in [0.15, 0.2) is 36.4 Å². The highest BCUT2D eigenvalue weighted by molar-refractivity contribution is 6.22. The Hall–Kier alpha value is -2.10. The lowest BCUT2D eigenvalue weighted by molar-refractivity contribution is -0.123. The molecule has 1 saturated heterocycles. The van der Waals surface area contributed by atoms with Gasteiger partial charge in [-0.2, -0.15) is 0 Å². The van der Waals surface area contributed by atoms with E-state index in [1.165, 1.54) is 17.0 Å². The first-order valence-corrected chi connectivity index (χ1v) is 6.52. The van der Waals surface area contributed by atoms with E-state index in [2.05, 4.69) is 12.2 Å². The first-order chi connectivity index (χ1) is 9.16. The van der Waals surface area contributed by atoms with E-state index in [0.717, 1.165) is 6.42 Å². The summed E-state index contributed by atoms with van der Waals surface area (Å²) in [5, 5.41) is 9.50. The quantitative estimate of drug-likeness (QED) is 0.614. The van der Waals surface area contributed by atoms with Gasteiger partial charge in [-0.3, -0.25) is 9.59 Å². The highest BCUT2D eigenvalue weighted by Crippen LogP contribution is 2.53. The maximum Gasteiger partial charge on any atom is 0.238 e. The molecule has 96 valence electrons. The number of carbonyl (C=O) groups excluding carboxylic acids is 2. The molecule has 2 bridgehead atoms. The second-order valence-electron chi connectivity index (χ2n) is 5.53. The Kier molecular flexibility index (Phi) is 1.97. The fourth-order valence-corrected chi connectivity index (χ4v) is 3.79. The largest absolute Gasteiger partial charge is 0.508 e. The van der Waals surface area contributed by atoms with Gasteiger partial charge in [0.25, 0.3) is 0 Å². The molecule has 0 radical (unpaired) electrons. The van der Waals surface area contributed by atoms with E-state index in [-0.39, 0.29) is 41.2 Å². The molecule has 2 aliphatic carbocycles. The molecule has 2 amide bonds. The number of hydrogen-bond donors (Lipinski definition) is 1. The number of allylic oxidation sites excluding steroid dienone is 2. The number of fused-ring (bicyclic) bond motifs is 5. The zero-order valence-electron chi connectivity index (χ0n) is 10.2. The number of phenolic OH excluding ortho intramolecular Hbond substituents is 1. The summed E-state index contributed by atoms with van der Waals surface area (Å²) in [6, 6.07) is 6.32. The van der Waals surface area contributed by atoms with Crippen molar-refractivity contribution in [2.24, 2.45) is 23.7 Å². The normalized spacial score (nSPS) is 35.3. The summed E-state index contributed by atoms with van der Waals surface area (Å²) in [4.78, 5) is 26.2. The van der Waals surface area contributed by atoms with Crippen molar-refractivity contribution in [3.05, 3.63) is 36.4 Å². The average Bonchev–Trinajstić information content (AvgIpc) is 3.04. The molecule has 1 aromatic carbocycles. The SMILES string of the molecule is O=C1C2C3C=CC(C3)C2C(=O)N1c1cccc(O)c1. The van der Waals surface area contributed by atoms with Crippen LogP contribution in [0.2, 0.25) is 0 Å². The van der Waals surface area contributed by atoms with Crippen molar-refractivity contribution in [3.8, 4) is 5.75 Å². The summed E-state index contributed by atoms with van der Waals surface area (Å²) >= 11 is 0. The van der Waals surface area contributed by atoms with Gasteiger partial charge in [-0.15, -0.1) is 0 Å². The molecular weight excluding hydrogens is 242 g/mol. The van der Waals surface area contributed by atoms with Gasteiger partial charge in [0.05, 0.1) is 17.5 Å². The van der Waals surface area contributed by atoms with Crippen molar-refractivity contribution in [2.45, 2.75) is 6.42 Å². The minimum Gasteiger partial charge on any atom is -0.508 e. The minimum absolute atomic E-state index is 0.0660. The molecular formula is C15H13NO3. The molecule has 4 nitrogen and oxygen atoms in total. The molecule has 3 aliphatic rings. The standard InChI is InChI=1S/C15H13NO3/c17-11-3-1-2-10(7-11)16-14(18)12-8-4-5-9(6-8)13(12)15(16)19/h1-5,7-9,12-13,17H,6H2. The third-order valence-corrected chi connectivity index (χ3v) is 4.56. The van der Waals surface area contributed by atoms with Crippen LogP contribution >= 0.6 is 0 Å². The predicted octanol–water partition coefficient (Wildman–Crippen LogP) is 1.70. The summed E-state index contributed by atoms with van der Waals surface area (Å²) < 4.78 is 0. The number of phenols is 1. The van der Waals surface area contributed by atoms with E-state index in [0.29, 0.717) is 5.69 Å². The van der Waals surface area contributed by atoms with Crippen molar-refractivity contribution in [2.75, 3.05) is 4.90 Å². The Labute approximate surface area is 110 Å². The molecule has 1 heterocycles. The molecule has 4 unspecified atom stereocenters. The maximum absolute atomic E-state index is 12.5. The summed E-state index contributed by atoms with van der Waals surface area (Å²) in [7, 11) is 0. The highest BCUT2D eigenvalue weighted by atomic mass is 16.3. The van der Waals surface area contributed by atoms with Crippen LogP contribution in [0.3, 0.4) is 0 Å². The third kappa shape index (κ3) is 1.28. The van der Waals surface area contributed by atoms with Gasteiger partial charge < -0.3 is 5.11 Å². The Balaban J connectivity index is 1.77. The fraction of sp³-hybridized carbons (Fsp3) is 0.333. The number of nitrogens with zero attached hydrogens (tertiary/aromatic N) is 1. The number of anilines is 1. The van der Waals surface area contributed by atoms with Crippen LogP contribution in [0.25, 0.3) is 0 Å². The van der Waals surface area contributed by atoms with Gasteiger partial charge in [0, 0.05) is 6.07 Å². The van der Waals surface area contributed by atoms with E-state index in [9.17, 15) is 14.7 Å². The second kappa shape index (κ2) is 3.47. The van der Waals surface area contributed by atoms with Crippen LogP contribution in [0.1, 0.15) is 6.42 Å². The van der Waals surface area contributed by atoms with Crippen LogP contribution in [0, 0.1) is 23.7 Å². The Morgan fingerprint density at radius 2 is 1.68 bits per heavy atom. The lowest BCUT2D eigenvalue weighted by atomic mass is 9.85. The Morgan fingerprint density at radius 1 is 1.05 bits per heavy atom. The minimum atomic E-state index is -0.190. The number of imide groups is 1. The van der Waals surface area contributed by atoms with Gasteiger partial charge in [0.2, 0.25) is 11.8 Å². The van der Waals surface area contributed by atoms with E-state index in [4.69, 9.17) is 0 Å². The number of hydrogen-bond acceptors (Lipinski definition) is 3. The Morgan fingerprint density at radius 3 is 2.26 bits per heavy atom. The maximum atomic E-state index is 12.5. The topological polar surface area (TPSA) is 57.6 Å². The molecule has 1 saturated carbocycles. The van der Waals surface area contributed by atoms with Crippen molar-refractivity contribution in [3.63, 3.8) is 0 Å². The lowest BCUT2D eigenvalue weighted by Crippen LogP contribution is -2.32. The second-order valence-corrected chi connectivity index (χ2v) is 5.53. The molecule has 0 spiro atoms. The smallest absolute Gasteiger partial charge is 0.238 e. The number of rotatable bonds is 1. The summed E-state index contributed by atoms with van der Waals surface area (Å²) in [5.41, 5.74) is 0.476. The molecule has 1 aliphatic heterocycles. The van der Waals surface area contributed by atoms with Crippen LogP contribution in [0.4, 0.5) is 5.69 Å². The number of benzene rings is 1. The first kappa shape index (κ1) is 10.8. The van der Waals surface area contributed by atoms with Crippen LogP contribution in [-0.4, -0.2) is 16.9 Å². The van der Waals surface area contributed by atoms with Gasteiger partial charge >= 0.3 is 0 Å². The third-order valence-electron chi connectivity index (χ3n) is 4.56. The summed E-state index contributed by atoms with van der Waals surface area (Å²) in [5.74, 6) is -0.108. The fourth-order valence-electron chi connectivity index (χ4n) is 3.79. The molecule has 0 aromatic heterocycles. The van der Waals surface area contributed by atoms with Crippen LogP contribution in [0.5, 0.6) is 5.75 Å². The summed E-state index contributed by atoms with van der Waals surface area (Å²) in [6.07, 6.45) is 5.08. The van der Waals surface area contributed by atoms with Crippen molar-refractivity contribution in [1.82, 2.24) is 0 Å². The average molecular weight is 255 g/mol. The van der Waals surface area contributed by atoms with Gasteiger partial charge in [0.15, 0.2) is 0 Å². The van der Waals surface area contributed by atoms with E-state index >= 15 is 0 Å². The molecule has 4 atom stereocenters. The molecule has 4 rings (SSSR count). The highest BCUT2D eigenvalue weighted by Gasteiger charge is 2.59. The first-order valence-electron chi connectivity index (χ1n) is 6.52. The van der Waals surface area contributed by atoms with Crippen molar-refractivity contribution in [1.29, 1.82) is 0 Å². The van der Waals surface area contributed by atoms with E-state index in [1.807, 2.05) is 0 Å². The van der Waals surface area contributed by atoms with Crippen molar-refractivity contribution >= 4 is 17.5 Å². The summed E-state index contributed by atoms with van der Waals surface area (Å²) in [6.45, 7) is 0. The number of carbonyl (C=O) groups is 2. The monoisotopic (exact) mass is 255 g/mol. The van der Waals surface area contributed by atoms with Gasteiger partial charge in [-0.1, -0.05) is 18.2 Å². The van der Waals surface area contributed by atoms with Crippen LogP contribution < -0.4 is 4.90 Å². The zero-order chi connectivity index (χ0) is 13.1. The lowest BCUT2D eigenvalue weighted by Gasteiger charge is -2.17. The van der Waals surface area contributed by atoms with E-state index in [1.54, 1.807) is 12.1 Å². The van der Waals surface area contributed by atoms with E-state index < -0.39 is 0 Å². The molecule has 4 heteroatoms. The van der Waals surface area contributed by atoms with Crippen molar-refractivity contribution < 1.29 is 14.7 Å². The van der Waals surface area contributed by atoms with Crippen LogP contribution in [-0.2, 0) is 9.59 Å². The zero-order valence-corrected chi connectivity index (χ0v) is 10.2. The molecule has 2 fully saturated rings. The predicted molar refractivity (Wildman–Crippen MR) is 68.3 cm³/mol.